The van der Waals surface area contributed by atoms with Crippen LogP contribution in [0.15, 0.2) is 35.9 Å². The lowest BCUT2D eigenvalue weighted by Gasteiger charge is -1.60. The topological polar surface area (TPSA) is 58.7 Å². The molecule has 0 aliphatic carbocycles. The predicted octanol–water partition coefficient (Wildman–Crippen LogP) is 2.86. The van der Waals surface area contributed by atoms with E-state index in [0.29, 0.717) is 8.58 Å². The first-order chi connectivity index (χ1) is 4.91. The van der Waals surface area contributed by atoms with Gasteiger partial charge in [0.25, 0.3) is 0 Å². The van der Waals surface area contributed by atoms with Crippen molar-refractivity contribution in [2.24, 2.45) is 0 Å². The van der Waals surface area contributed by atoms with Gasteiger partial charge in [0.2, 0.25) is 0 Å². The molecule has 1 aliphatic rings. The second-order valence-electron chi connectivity index (χ2n) is 1.44. The molecule has 0 aromatic heterocycles. The predicted molar refractivity (Wildman–Crippen MR) is 47.2 cm³/mol. The highest BCUT2D eigenvalue weighted by Crippen LogP contribution is 2.14. The van der Waals surface area contributed by atoms with E-state index < -0.39 is 0 Å². The van der Waals surface area contributed by atoms with Crippen molar-refractivity contribution in [1.29, 1.82) is 0 Å². The van der Waals surface area contributed by atoms with Crippen molar-refractivity contribution in [1.82, 2.24) is 0 Å². The molecule has 0 aromatic rings. The summed E-state index contributed by atoms with van der Waals surface area (Å²) < 4.78 is 0. The van der Waals surface area contributed by atoms with Crippen LogP contribution in [0.5, 0.6) is 0 Å². The molecule has 1 heterocycles. The van der Waals surface area contributed by atoms with Crippen LogP contribution >= 0.6 is 8.58 Å². The van der Waals surface area contributed by atoms with Crippen LogP contribution < -0.4 is 0 Å². The van der Waals surface area contributed by atoms with Crippen molar-refractivity contribution in [3.63, 3.8) is 0 Å². The smallest absolute Gasteiger partial charge is 0.0584 e. The molecule has 1 aliphatic heterocycles. The van der Waals surface area contributed by atoms with Gasteiger partial charge in [0.05, 0.1) is 11.6 Å². The Labute approximate surface area is 61.3 Å². The van der Waals surface area contributed by atoms with Crippen LogP contribution in [0.2, 0.25) is 0 Å². The summed E-state index contributed by atoms with van der Waals surface area (Å²) in [5.74, 6) is 4.42. The van der Waals surface area contributed by atoms with Crippen molar-refractivity contribution in [2.45, 2.75) is 0 Å². The summed E-state index contributed by atoms with van der Waals surface area (Å²) in [7, 11) is 0.461. The van der Waals surface area contributed by atoms with Gasteiger partial charge >= 0.3 is 0 Å². The highest BCUT2D eigenvalue weighted by Gasteiger charge is 1.77. The maximum Gasteiger partial charge on any atom is 0.0584 e. The van der Waals surface area contributed by atoms with Crippen molar-refractivity contribution in [3.8, 4) is 0 Å². The number of rotatable bonds is 0. The van der Waals surface area contributed by atoms with E-state index in [-0.39, 0.29) is 0 Å². The molecule has 0 N–H and O–H groups in total. The van der Waals surface area contributed by atoms with Gasteiger partial charge in [0, 0.05) is 8.58 Å². The van der Waals surface area contributed by atoms with Crippen LogP contribution in [0.4, 0.5) is 0 Å². The largest absolute Gasteiger partial charge is 0.373 e. The Bertz CT molecular complexity index is 173. The molecule has 0 spiro atoms. The van der Waals surface area contributed by atoms with E-state index in [9.17, 15) is 0 Å². The quantitative estimate of drug-likeness (QED) is 0.222. The van der Waals surface area contributed by atoms with Crippen LogP contribution in [0, 0.1) is 0 Å². The zero-order valence-electron chi connectivity index (χ0n) is 5.38. The van der Waals surface area contributed by atoms with Crippen LogP contribution in [0.3, 0.4) is 0 Å². The zero-order chi connectivity index (χ0) is 7.66. The molecular weight excluding hydrogens is 145 g/mol. The van der Waals surface area contributed by atoms with E-state index in [4.69, 9.17) is 11.1 Å². The van der Waals surface area contributed by atoms with Gasteiger partial charge in [-0.2, -0.15) is 0 Å². The van der Waals surface area contributed by atoms with Gasteiger partial charge in [0.15, 0.2) is 0 Å². The summed E-state index contributed by atoms with van der Waals surface area (Å²) in [4.78, 5) is 1.50. The van der Waals surface area contributed by atoms with E-state index in [1.165, 1.54) is 4.91 Å². The van der Waals surface area contributed by atoms with Crippen LogP contribution in [0.1, 0.15) is 0 Å². The van der Waals surface area contributed by atoms with Gasteiger partial charge in [0.1, 0.15) is 0 Å². The highest BCUT2D eigenvalue weighted by molar-refractivity contribution is 7.45. The summed E-state index contributed by atoms with van der Waals surface area (Å²) in [5.41, 5.74) is 13.5. The molecule has 0 fully saturated rings. The van der Waals surface area contributed by atoms with E-state index >= 15 is 0 Å². The Kier molecular flexibility index (Phi) is 7.13. The molecule has 0 radical (unpaired) electrons. The molecule has 0 atom stereocenters. The minimum absolute atomic E-state index is 0.461. The SMILES string of the molecule is C1=CC=C[PH2+]C=C1.[N-]=[N+]=[N-]. The van der Waals surface area contributed by atoms with Gasteiger partial charge in [-0.3, -0.25) is 4.91 Å². The minimum Gasteiger partial charge on any atom is -0.373 e. The summed E-state index contributed by atoms with van der Waals surface area (Å²) in [6.07, 6.45) is 8.29. The van der Waals surface area contributed by atoms with Crippen LogP contribution in [-0.4, -0.2) is 0 Å². The lowest BCUT2D eigenvalue weighted by molar-refractivity contribution is 1.98. The van der Waals surface area contributed by atoms with Crippen LogP contribution in [0.25, 0.3) is 16.0 Å². The molecule has 1 rings (SSSR count). The zero-order valence-corrected chi connectivity index (χ0v) is 6.54. The first kappa shape index (κ1) is 8.96. The van der Waals surface area contributed by atoms with Crippen molar-refractivity contribution in [3.05, 3.63) is 51.9 Å². The molecule has 10 heavy (non-hydrogen) atoms. The number of allylic oxidation sites excluding steroid dienone is 4. The second-order valence-corrected chi connectivity index (χ2v) is 2.59. The molecule has 0 amide bonds. The van der Waals surface area contributed by atoms with Crippen molar-refractivity contribution in [2.75, 3.05) is 0 Å². The standard InChI is InChI=1S/C6H7P.N3/c1-2-4-6-7-5-3-1;1-3-2/h1-7H;/q;-1/p+1. The third-order valence-electron chi connectivity index (χ3n) is 0.778. The molecule has 3 nitrogen and oxygen atoms in total. The lowest BCUT2D eigenvalue weighted by Crippen LogP contribution is -1.38. The monoisotopic (exact) mass is 153 g/mol. The number of hydrogen-bond donors (Lipinski definition) is 0. The van der Waals surface area contributed by atoms with Crippen LogP contribution in [-0.2, 0) is 0 Å². The first-order valence-electron chi connectivity index (χ1n) is 2.73. The molecule has 0 saturated carbocycles. The Morgan fingerprint density at radius 1 is 0.900 bits per heavy atom. The van der Waals surface area contributed by atoms with E-state index in [1.807, 2.05) is 0 Å². The molecule has 0 unspecified atom stereocenters. The average molecular weight is 153 g/mol. The average Bonchev–Trinajstić information content (AvgIpc) is 2.17. The summed E-state index contributed by atoms with van der Waals surface area (Å²) in [6.45, 7) is 0. The van der Waals surface area contributed by atoms with E-state index in [2.05, 4.69) is 35.9 Å². The summed E-state index contributed by atoms with van der Waals surface area (Å²) in [5, 5.41) is 0. The fourth-order valence-corrected chi connectivity index (χ4v) is 1.09. The van der Waals surface area contributed by atoms with Crippen molar-refractivity contribution < 1.29 is 0 Å². The van der Waals surface area contributed by atoms with Gasteiger partial charge in [-0.25, -0.2) is 0 Å². The fraction of sp³-hybridized carbons (Fsp3) is 0. The Morgan fingerprint density at radius 2 is 1.30 bits per heavy atom. The van der Waals surface area contributed by atoms with Gasteiger partial charge in [-0.15, -0.1) is 0 Å². The summed E-state index contributed by atoms with van der Waals surface area (Å²) >= 11 is 0. The number of hydrogen-bond acceptors (Lipinski definition) is 0. The third-order valence-corrected chi connectivity index (χ3v) is 1.67. The highest BCUT2D eigenvalue weighted by atomic mass is 31.1. The van der Waals surface area contributed by atoms with Gasteiger partial charge in [-0.05, 0) is 12.2 Å². The van der Waals surface area contributed by atoms with Gasteiger partial charge < -0.3 is 11.1 Å². The summed E-state index contributed by atoms with van der Waals surface area (Å²) in [6, 6.07) is 0. The Balaban J connectivity index is 0.000000236. The maximum atomic E-state index is 6.75. The molecule has 52 valence electrons. The maximum absolute atomic E-state index is 6.75. The van der Waals surface area contributed by atoms with Gasteiger partial charge in [-0.1, -0.05) is 12.2 Å². The normalized spacial score (nSPS) is 12.8. The molecule has 4 heteroatoms. The second kappa shape index (κ2) is 7.96. The van der Waals surface area contributed by atoms with E-state index in [0.717, 1.165) is 0 Å². The molecule has 0 saturated heterocycles. The van der Waals surface area contributed by atoms with Crippen molar-refractivity contribution >= 4 is 8.58 Å². The molecule has 0 bridgehead atoms. The van der Waals surface area contributed by atoms with E-state index in [1.54, 1.807) is 0 Å². The third kappa shape index (κ3) is 6.96. The Hall–Kier alpha value is -1.04. The minimum atomic E-state index is 0.461. The fourth-order valence-electron chi connectivity index (χ4n) is 0.449. The molecule has 0 aromatic carbocycles. The lowest BCUT2D eigenvalue weighted by atomic mass is 10.5. The number of nitrogens with zero attached hydrogens (tertiary/aromatic N) is 3. The first-order valence-corrected chi connectivity index (χ1v) is 4.07. The Morgan fingerprint density at radius 3 is 1.70 bits per heavy atom. The molecular formula is C6H8N3P.